The van der Waals surface area contributed by atoms with Crippen molar-refractivity contribution in [2.75, 3.05) is 19.8 Å². The summed E-state index contributed by atoms with van der Waals surface area (Å²) in [6, 6.07) is 1.68. The minimum Gasteiger partial charge on any atom is -0.493 e. The SMILES string of the molecule is CCOc1cc2nc(CC3CCOC3)cn2cc1C(=O)O. The second-order valence-electron chi connectivity index (χ2n) is 5.22. The van der Waals surface area contributed by atoms with Gasteiger partial charge in [-0.3, -0.25) is 0 Å². The highest BCUT2D eigenvalue weighted by Crippen LogP contribution is 2.23. The Labute approximate surface area is 122 Å². The van der Waals surface area contributed by atoms with Crippen LogP contribution in [-0.4, -0.2) is 40.3 Å². The molecule has 0 aromatic carbocycles. The highest BCUT2D eigenvalue weighted by molar-refractivity contribution is 5.91. The molecule has 1 fully saturated rings. The van der Waals surface area contributed by atoms with Gasteiger partial charge in [-0.25, -0.2) is 9.78 Å². The number of aromatic nitrogens is 2. The summed E-state index contributed by atoms with van der Waals surface area (Å²) in [7, 11) is 0. The van der Waals surface area contributed by atoms with Crippen molar-refractivity contribution in [2.45, 2.75) is 19.8 Å². The maximum atomic E-state index is 11.3. The van der Waals surface area contributed by atoms with Crippen molar-refractivity contribution in [2.24, 2.45) is 5.92 Å². The zero-order valence-electron chi connectivity index (χ0n) is 11.9. The molecule has 2 aromatic rings. The van der Waals surface area contributed by atoms with E-state index in [4.69, 9.17) is 9.47 Å². The van der Waals surface area contributed by atoms with E-state index < -0.39 is 5.97 Å². The lowest BCUT2D eigenvalue weighted by Gasteiger charge is -2.07. The van der Waals surface area contributed by atoms with Crippen molar-refractivity contribution < 1.29 is 19.4 Å². The van der Waals surface area contributed by atoms with Gasteiger partial charge in [-0.15, -0.1) is 0 Å². The first-order valence-electron chi connectivity index (χ1n) is 7.13. The van der Waals surface area contributed by atoms with E-state index in [0.29, 0.717) is 23.9 Å². The molecule has 6 heteroatoms. The third-order valence-electron chi connectivity index (χ3n) is 3.66. The van der Waals surface area contributed by atoms with Crippen LogP contribution >= 0.6 is 0 Å². The van der Waals surface area contributed by atoms with Gasteiger partial charge in [-0.1, -0.05) is 0 Å². The number of carboxylic acids is 1. The summed E-state index contributed by atoms with van der Waals surface area (Å²) in [5, 5.41) is 9.26. The molecule has 0 saturated carbocycles. The van der Waals surface area contributed by atoms with Crippen LogP contribution in [0.15, 0.2) is 18.5 Å². The number of aromatic carboxylic acids is 1. The predicted molar refractivity (Wildman–Crippen MR) is 76.0 cm³/mol. The standard InChI is InChI=1S/C15H18N2O4/c1-2-21-13-6-14-16-11(5-10-3-4-20-9-10)7-17(14)8-12(13)15(18)19/h6-8,10H,2-5,9H2,1H3,(H,18,19). The Hall–Kier alpha value is -2.08. The van der Waals surface area contributed by atoms with Crippen LogP contribution < -0.4 is 4.74 Å². The van der Waals surface area contributed by atoms with E-state index in [1.807, 2.05) is 13.1 Å². The van der Waals surface area contributed by atoms with Gasteiger partial charge in [0.15, 0.2) is 0 Å². The minimum atomic E-state index is -1.00. The Morgan fingerprint density at radius 3 is 3.10 bits per heavy atom. The number of carbonyl (C=O) groups is 1. The van der Waals surface area contributed by atoms with Crippen LogP contribution in [0.1, 0.15) is 29.4 Å². The van der Waals surface area contributed by atoms with Crippen LogP contribution in [0.25, 0.3) is 5.65 Å². The van der Waals surface area contributed by atoms with E-state index in [-0.39, 0.29) is 5.56 Å². The zero-order chi connectivity index (χ0) is 14.8. The van der Waals surface area contributed by atoms with E-state index >= 15 is 0 Å². The fourth-order valence-electron chi connectivity index (χ4n) is 2.64. The molecule has 0 radical (unpaired) electrons. The molecule has 1 unspecified atom stereocenters. The molecule has 2 aromatic heterocycles. The number of nitrogens with zero attached hydrogens (tertiary/aromatic N) is 2. The van der Waals surface area contributed by atoms with Crippen molar-refractivity contribution in [1.82, 2.24) is 9.38 Å². The van der Waals surface area contributed by atoms with Gasteiger partial charge in [-0.05, 0) is 25.7 Å². The summed E-state index contributed by atoms with van der Waals surface area (Å²) in [6.45, 7) is 3.84. The van der Waals surface area contributed by atoms with Crippen LogP contribution in [-0.2, 0) is 11.2 Å². The minimum absolute atomic E-state index is 0.150. The lowest BCUT2D eigenvalue weighted by atomic mass is 10.0. The van der Waals surface area contributed by atoms with Crippen LogP contribution in [0.5, 0.6) is 5.75 Å². The quantitative estimate of drug-likeness (QED) is 0.912. The van der Waals surface area contributed by atoms with Gasteiger partial charge in [-0.2, -0.15) is 0 Å². The summed E-state index contributed by atoms with van der Waals surface area (Å²) < 4.78 is 12.5. The Balaban J connectivity index is 1.94. The monoisotopic (exact) mass is 290 g/mol. The summed E-state index contributed by atoms with van der Waals surface area (Å²) >= 11 is 0. The fraction of sp³-hybridized carbons (Fsp3) is 0.467. The maximum Gasteiger partial charge on any atom is 0.341 e. The number of imidazole rings is 1. The van der Waals surface area contributed by atoms with Crippen molar-refractivity contribution in [3.05, 3.63) is 29.7 Å². The summed E-state index contributed by atoms with van der Waals surface area (Å²) in [4.78, 5) is 15.8. The van der Waals surface area contributed by atoms with E-state index in [2.05, 4.69) is 4.98 Å². The third kappa shape index (κ3) is 2.85. The number of hydrogen-bond acceptors (Lipinski definition) is 4. The molecule has 0 aliphatic carbocycles. The topological polar surface area (TPSA) is 73.1 Å². The molecule has 3 heterocycles. The Kier molecular flexibility index (Phi) is 3.79. The average molecular weight is 290 g/mol. The molecule has 6 nitrogen and oxygen atoms in total. The number of pyridine rings is 1. The highest BCUT2D eigenvalue weighted by Gasteiger charge is 2.19. The van der Waals surface area contributed by atoms with Crippen molar-refractivity contribution in [3.63, 3.8) is 0 Å². The Morgan fingerprint density at radius 1 is 1.57 bits per heavy atom. The molecule has 0 bridgehead atoms. The molecular weight excluding hydrogens is 272 g/mol. The van der Waals surface area contributed by atoms with Crippen LogP contribution in [0.3, 0.4) is 0 Å². The second-order valence-corrected chi connectivity index (χ2v) is 5.22. The first-order chi connectivity index (χ1) is 10.2. The molecule has 112 valence electrons. The molecule has 1 atom stereocenters. The second kappa shape index (κ2) is 5.73. The van der Waals surface area contributed by atoms with E-state index in [9.17, 15) is 9.90 Å². The number of fused-ring (bicyclic) bond motifs is 1. The van der Waals surface area contributed by atoms with Crippen molar-refractivity contribution >= 4 is 11.6 Å². The molecule has 0 amide bonds. The molecule has 1 aliphatic rings. The molecule has 21 heavy (non-hydrogen) atoms. The van der Waals surface area contributed by atoms with Crippen molar-refractivity contribution in [1.29, 1.82) is 0 Å². The van der Waals surface area contributed by atoms with Gasteiger partial charge < -0.3 is 19.0 Å². The normalized spacial score (nSPS) is 18.2. The van der Waals surface area contributed by atoms with Gasteiger partial charge in [0.25, 0.3) is 0 Å². The predicted octanol–water partition coefficient (Wildman–Crippen LogP) is 2.01. The molecule has 0 spiro atoms. The Bertz CT molecular complexity index is 659. The lowest BCUT2D eigenvalue weighted by molar-refractivity contribution is 0.0692. The number of ether oxygens (including phenoxy) is 2. The maximum absolute atomic E-state index is 11.3. The van der Waals surface area contributed by atoms with Gasteiger partial charge in [0.1, 0.15) is 17.0 Å². The van der Waals surface area contributed by atoms with E-state index in [1.165, 1.54) is 0 Å². The molecule has 1 N–H and O–H groups in total. The van der Waals surface area contributed by atoms with Gasteiger partial charge in [0.2, 0.25) is 0 Å². The van der Waals surface area contributed by atoms with Crippen LogP contribution in [0, 0.1) is 5.92 Å². The van der Waals surface area contributed by atoms with Crippen LogP contribution in [0.4, 0.5) is 0 Å². The van der Waals surface area contributed by atoms with Gasteiger partial charge >= 0.3 is 5.97 Å². The summed E-state index contributed by atoms with van der Waals surface area (Å²) in [5.41, 5.74) is 1.81. The van der Waals surface area contributed by atoms with E-state index in [1.54, 1.807) is 16.7 Å². The lowest BCUT2D eigenvalue weighted by Crippen LogP contribution is -2.04. The number of rotatable bonds is 5. The summed E-state index contributed by atoms with van der Waals surface area (Å²) in [5.74, 6) is -0.140. The average Bonchev–Trinajstić information content (AvgIpc) is 3.07. The zero-order valence-corrected chi connectivity index (χ0v) is 11.9. The largest absolute Gasteiger partial charge is 0.493 e. The number of hydrogen-bond donors (Lipinski definition) is 1. The smallest absolute Gasteiger partial charge is 0.341 e. The van der Waals surface area contributed by atoms with Crippen molar-refractivity contribution in [3.8, 4) is 5.75 Å². The molecule has 3 rings (SSSR count). The number of carboxylic acid groups (broad SMARTS) is 1. The first-order valence-corrected chi connectivity index (χ1v) is 7.13. The highest BCUT2D eigenvalue weighted by atomic mass is 16.5. The third-order valence-corrected chi connectivity index (χ3v) is 3.66. The van der Waals surface area contributed by atoms with Crippen LogP contribution in [0.2, 0.25) is 0 Å². The first kappa shape index (κ1) is 13.9. The molecule has 1 saturated heterocycles. The Morgan fingerprint density at radius 2 is 2.43 bits per heavy atom. The fourth-order valence-corrected chi connectivity index (χ4v) is 2.64. The van der Waals surface area contributed by atoms with E-state index in [0.717, 1.165) is 31.7 Å². The van der Waals surface area contributed by atoms with Gasteiger partial charge in [0.05, 0.1) is 12.3 Å². The molecular formula is C15H18N2O4. The van der Waals surface area contributed by atoms with Gasteiger partial charge in [0, 0.05) is 31.7 Å². The molecule has 1 aliphatic heterocycles. The summed E-state index contributed by atoms with van der Waals surface area (Å²) in [6.07, 6.45) is 5.35.